The van der Waals surface area contributed by atoms with Gasteiger partial charge in [0.15, 0.2) is 0 Å². The molecule has 0 aliphatic carbocycles. The monoisotopic (exact) mass is 392 g/mol. The average Bonchev–Trinajstić information content (AvgIpc) is 3.35. The largest absolute Gasteiger partial charge is 0.496 e. The number of hydrogen-bond acceptors (Lipinski definition) is 6. The van der Waals surface area contributed by atoms with Gasteiger partial charge in [0.1, 0.15) is 5.75 Å². The fraction of sp³-hybridized carbons (Fsp3) is 0.238. The van der Waals surface area contributed by atoms with Gasteiger partial charge in [0.25, 0.3) is 5.91 Å². The highest BCUT2D eigenvalue weighted by Gasteiger charge is 2.35. The van der Waals surface area contributed by atoms with E-state index in [0.717, 1.165) is 11.3 Å². The van der Waals surface area contributed by atoms with Crippen LogP contribution in [0.1, 0.15) is 34.2 Å². The lowest BCUT2D eigenvalue weighted by molar-refractivity contribution is -0.117. The van der Waals surface area contributed by atoms with E-state index < -0.39 is 5.91 Å². The van der Waals surface area contributed by atoms with Gasteiger partial charge in [0.05, 0.1) is 18.6 Å². The third-order valence-electron chi connectivity index (χ3n) is 4.83. The van der Waals surface area contributed by atoms with Gasteiger partial charge in [0.2, 0.25) is 11.8 Å². The number of ether oxygens (including phenoxy) is 1. The van der Waals surface area contributed by atoms with Crippen molar-refractivity contribution in [2.24, 2.45) is 0 Å². The van der Waals surface area contributed by atoms with Crippen molar-refractivity contribution in [3.8, 4) is 5.75 Å². The molecular weight excluding hydrogens is 372 g/mol. The molecule has 1 saturated heterocycles. The van der Waals surface area contributed by atoms with Crippen molar-refractivity contribution in [2.75, 3.05) is 23.9 Å². The Hall–Kier alpha value is -3.68. The van der Waals surface area contributed by atoms with Crippen LogP contribution in [0.15, 0.2) is 52.9 Å². The zero-order valence-corrected chi connectivity index (χ0v) is 16.1. The number of hydrogen-bond donors (Lipinski definition) is 1. The van der Waals surface area contributed by atoms with E-state index in [0.29, 0.717) is 23.7 Å². The number of aryl methyl sites for hydroxylation is 1. The van der Waals surface area contributed by atoms with Crippen molar-refractivity contribution in [3.63, 3.8) is 0 Å². The third kappa shape index (κ3) is 3.82. The van der Waals surface area contributed by atoms with Crippen LogP contribution in [0.2, 0.25) is 0 Å². The van der Waals surface area contributed by atoms with E-state index in [9.17, 15) is 9.59 Å². The van der Waals surface area contributed by atoms with Gasteiger partial charge in [-0.1, -0.05) is 34.9 Å². The van der Waals surface area contributed by atoms with E-state index in [2.05, 4.69) is 15.5 Å². The second kappa shape index (κ2) is 7.75. The molecule has 29 heavy (non-hydrogen) atoms. The summed E-state index contributed by atoms with van der Waals surface area (Å²) in [7, 11) is 1.49. The topological polar surface area (TPSA) is 97.6 Å². The second-order valence-electron chi connectivity index (χ2n) is 6.84. The van der Waals surface area contributed by atoms with Crippen LogP contribution in [0.5, 0.6) is 5.75 Å². The zero-order valence-electron chi connectivity index (χ0n) is 16.1. The highest BCUT2D eigenvalue weighted by Crippen LogP contribution is 2.32. The summed E-state index contributed by atoms with van der Waals surface area (Å²) in [5, 5.41) is 10.5. The summed E-state index contributed by atoms with van der Waals surface area (Å²) in [5.41, 5.74) is 2.33. The Kier molecular flexibility index (Phi) is 4.99. The van der Waals surface area contributed by atoms with Crippen molar-refractivity contribution in [2.45, 2.75) is 19.3 Å². The van der Waals surface area contributed by atoms with Gasteiger partial charge in [-0.2, -0.15) is 0 Å². The quantitative estimate of drug-likeness (QED) is 0.716. The second-order valence-corrected chi connectivity index (χ2v) is 6.84. The molecule has 1 aromatic heterocycles. The van der Waals surface area contributed by atoms with E-state index in [-0.39, 0.29) is 24.3 Å². The molecule has 1 atom stereocenters. The van der Waals surface area contributed by atoms with Crippen LogP contribution in [0.3, 0.4) is 0 Å². The predicted octanol–water partition coefficient (Wildman–Crippen LogP) is 3.16. The van der Waals surface area contributed by atoms with Crippen molar-refractivity contribution in [3.05, 3.63) is 65.5 Å². The van der Waals surface area contributed by atoms with Crippen LogP contribution < -0.4 is 15.0 Å². The Balaban J connectivity index is 1.46. The molecule has 1 aliphatic rings. The van der Waals surface area contributed by atoms with E-state index in [4.69, 9.17) is 9.15 Å². The smallest absolute Gasteiger partial charge is 0.322 e. The molecule has 3 aromatic rings. The lowest BCUT2D eigenvalue weighted by Gasteiger charge is -2.16. The molecule has 0 saturated carbocycles. The third-order valence-corrected chi connectivity index (χ3v) is 4.83. The van der Waals surface area contributed by atoms with Crippen molar-refractivity contribution >= 4 is 23.5 Å². The molecule has 148 valence electrons. The summed E-state index contributed by atoms with van der Waals surface area (Å²) in [6.45, 7) is 2.45. The van der Waals surface area contributed by atoms with Crippen LogP contribution in [0.25, 0.3) is 0 Å². The maximum Gasteiger partial charge on any atom is 0.322 e. The molecule has 1 unspecified atom stereocenters. The van der Waals surface area contributed by atoms with Gasteiger partial charge in [-0.25, -0.2) is 0 Å². The van der Waals surface area contributed by atoms with Crippen LogP contribution in [0, 0.1) is 6.92 Å². The van der Waals surface area contributed by atoms with Crippen LogP contribution in [0.4, 0.5) is 11.7 Å². The minimum Gasteiger partial charge on any atom is -0.496 e. The van der Waals surface area contributed by atoms with Crippen molar-refractivity contribution < 1.29 is 18.7 Å². The summed E-state index contributed by atoms with van der Waals surface area (Å²) in [6, 6.07) is 14.6. The molecule has 8 nitrogen and oxygen atoms in total. The van der Waals surface area contributed by atoms with Crippen LogP contribution in [-0.4, -0.2) is 35.7 Å². The molecule has 1 aliphatic heterocycles. The Morgan fingerprint density at radius 3 is 2.69 bits per heavy atom. The molecule has 0 bridgehead atoms. The maximum atomic E-state index is 12.5. The van der Waals surface area contributed by atoms with E-state index in [1.54, 1.807) is 29.2 Å². The molecular formula is C21H20N4O4. The number of anilines is 2. The minimum atomic E-state index is -0.415. The van der Waals surface area contributed by atoms with Gasteiger partial charge in [0, 0.05) is 18.7 Å². The average molecular weight is 392 g/mol. The fourth-order valence-electron chi connectivity index (χ4n) is 3.29. The molecule has 0 spiro atoms. The lowest BCUT2D eigenvalue weighted by Crippen LogP contribution is -2.24. The molecule has 8 heteroatoms. The van der Waals surface area contributed by atoms with Gasteiger partial charge in [-0.15, -0.1) is 5.10 Å². The van der Waals surface area contributed by atoms with Crippen LogP contribution >= 0.6 is 0 Å². The molecule has 1 fully saturated rings. The molecule has 2 aromatic carbocycles. The number of carbonyl (C=O) groups excluding carboxylic acids is 2. The summed E-state index contributed by atoms with van der Waals surface area (Å²) in [6.07, 6.45) is 0.274. The summed E-state index contributed by atoms with van der Waals surface area (Å²) in [4.78, 5) is 26.6. The molecule has 0 radical (unpaired) electrons. The van der Waals surface area contributed by atoms with Gasteiger partial charge in [-0.05, 0) is 31.2 Å². The lowest BCUT2D eigenvalue weighted by atomic mass is 10.1. The summed E-state index contributed by atoms with van der Waals surface area (Å²) >= 11 is 0. The number of nitrogens with zero attached hydrogens (tertiary/aromatic N) is 3. The van der Waals surface area contributed by atoms with E-state index in [1.165, 1.54) is 7.11 Å². The fourth-order valence-corrected chi connectivity index (χ4v) is 3.29. The Morgan fingerprint density at radius 1 is 1.17 bits per heavy atom. The molecule has 4 rings (SSSR count). The number of benzene rings is 2. The Morgan fingerprint density at radius 2 is 1.93 bits per heavy atom. The molecule has 2 heterocycles. The Labute approximate surface area is 167 Å². The summed E-state index contributed by atoms with van der Waals surface area (Å²) in [5.74, 6) is 0.120. The number of methoxy groups -OCH3 is 1. The highest BCUT2D eigenvalue weighted by molar-refractivity contribution is 6.05. The molecule has 1 N–H and O–H groups in total. The van der Waals surface area contributed by atoms with Crippen LogP contribution in [-0.2, 0) is 4.79 Å². The van der Waals surface area contributed by atoms with E-state index in [1.807, 2.05) is 31.2 Å². The first kappa shape index (κ1) is 18.7. The first-order chi connectivity index (χ1) is 14.0. The van der Waals surface area contributed by atoms with Gasteiger partial charge in [-0.3, -0.25) is 14.9 Å². The number of amides is 2. The first-order valence-electron chi connectivity index (χ1n) is 9.20. The SMILES string of the molecule is COc1ccccc1C(=O)Nc1nnc(C2CC(=O)N(c3ccc(C)cc3)C2)o1. The normalized spacial score (nSPS) is 16.1. The number of para-hydroxylation sites is 1. The highest BCUT2D eigenvalue weighted by atomic mass is 16.5. The standard InChI is InChI=1S/C21H20N4O4/c1-13-7-9-15(10-8-13)25-12-14(11-18(25)26)20-23-24-21(29-20)22-19(27)16-5-3-4-6-17(16)28-2/h3-10,14H,11-12H2,1-2H3,(H,22,24,27). The van der Waals surface area contributed by atoms with E-state index >= 15 is 0 Å². The van der Waals surface area contributed by atoms with Crippen molar-refractivity contribution in [1.82, 2.24) is 10.2 Å². The van der Waals surface area contributed by atoms with Gasteiger partial charge < -0.3 is 14.1 Å². The maximum absolute atomic E-state index is 12.5. The Bertz CT molecular complexity index is 1040. The first-order valence-corrected chi connectivity index (χ1v) is 9.20. The van der Waals surface area contributed by atoms with Gasteiger partial charge >= 0.3 is 6.01 Å². The van der Waals surface area contributed by atoms with Crippen molar-refractivity contribution in [1.29, 1.82) is 0 Å². The number of aromatic nitrogens is 2. The summed E-state index contributed by atoms with van der Waals surface area (Å²) < 4.78 is 10.8. The number of rotatable bonds is 5. The molecule has 2 amide bonds. The zero-order chi connectivity index (χ0) is 20.4. The number of carbonyl (C=O) groups is 2. The minimum absolute atomic E-state index is 0.00309. The predicted molar refractivity (Wildman–Crippen MR) is 106 cm³/mol. The number of nitrogens with one attached hydrogen (secondary N) is 1.